The summed E-state index contributed by atoms with van der Waals surface area (Å²) in [6, 6.07) is 15.7. The number of amides is 1. The van der Waals surface area contributed by atoms with Crippen molar-refractivity contribution in [2.75, 3.05) is 11.9 Å². The van der Waals surface area contributed by atoms with Crippen LogP contribution in [0.25, 0.3) is 10.9 Å². The number of nitrogens with zero attached hydrogens (tertiary/aromatic N) is 1. The summed E-state index contributed by atoms with van der Waals surface area (Å²) < 4.78 is 27.8. The second kappa shape index (κ2) is 8.21. The minimum absolute atomic E-state index is 0.0298. The molecule has 0 aliphatic carbocycles. The van der Waals surface area contributed by atoms with E-state index in [1.165, 1.54) is 13.0 Å². The second-order valence-corrected chi connectivity index (χ2v) is 7.90. The number of carbonyl (C=O) groups excluding carboxylic acids is 1. The molecule has 3 aromatic rings. The highest BCUT2D eigenvalue weighted by molar-refractivity contribution is 7.89. The molecule has 2 aromatic carbocycles. The van der Waals surface area contributed by atoms with Crippen LogP contribution in [0.5, 0.6) is 0 Å². The van der Waals surface area contributed by atoms with Crippen LogP contribution in [0.3, 0.4) is 0 Å². The molecule has 1 aromatic heterocycles. The summed E-state index contributed by atoms with van der Waals surface area (Å²) in [5.41, 5.74) is 2.59. The minimum Gasteiger partial charge on any atom is -0.326 e. The van der Waals surface area contributed by atoms with E-state index in [1.54, 1.807) is 30.3 Å². The first kappa shape index (κ1) is 19.5. The lowest BCUT2D eigenvalue weighted by atomic mass is 10.2. The first-order valence-corrected chi connectivity index (χ1v) is 10.1. The molecule has 0 aliphatic rings. The van der Waals surface area contributed by atoms with Gasteiger partial charge in [-0.1, -0.05) is 30.0 Å². The fourth-order valence-electron chi connectivity index (χ4n) is 2.63. The van der Waals surface area contributed by atoms with Gasteiger partial charge in [0.1, 0.15) is 4.90 Å². The van der Waals surface area contributed by atoms with Gasteiger partial charge in [0.25, 0.3) is 0 Å². The molecule has 3 rings (SSSR count). The molecule has 0 aliphatic heterocycles. The largest absolute Gasteiger partial charge is 0.326 e. The molecule has 2 N–H and O–H groups in total. The van der Waals surface area contributed by atoms with Crippen molar-refractivity contribution >= 4 is 32.5 Å². The smallest absolute Gasteiger partial charge is 0.243 e. The number of sulfonamides is 1. The van der Waals surface area contributed by atoms with E-state index in [0.717, 1.165) is 16.6 Å². The molecule has 1 heterocycles. The van der Waals surface area contributed by atoms with Crippen molar-refractivity contribution < 1.29 is 13.2 Å². The molecule has 0 spiro atoms. The predicted molar refractivity (Wildman–Crippen MR) is 109 cm³/mol. The summed E-state index contributed by atoms with van der Waals surface area (Å²) in [5.74, 6) is 5.54. The summed E-state index contributed by atoms with van der Waals surface area (Å²) in [5, 5.41) is 3.43. The first-order chi connectivity index (χ1) is 13.3. The van der Waals surface area contributed by atoms with E-state index < -0.39 is 10.0 Å². The van der Waals surface area contributed by atoms with Crippen LogP contribution in [0, 0.1) is 18.8 Å². The van der Waals surface area contributed by atoms with Crippen LogP contribution in [0.1, 0.15) is 18.2 Å². The zero-order valence-electron chi connectivity index (χ0n) is 15.5. The molecular weight excluding hydrogens is 374 g/mol. The van der Waals surface area contributed by atoms with Crippen LogP contribution < -0.4 is 10.0 Å². The van der Waals surface area contributed by atoms with Gasteiger partial charge in [0, 0.05) is 29.3 Å². The van der Waals surface area contributed by atoms with Crippen LogP contribution in [-0.2, 0) is 14.8 Å². The number of nitrogens with one attached hydrogen (secondary N) is 2. The predicted octanol–water partition coefficient (Wildman–Crippen LogP) is 2.83. The third-order valence-electron chi connectivity index (χ3n) is 3.90. The number of pyridine rings is 1. The van der Waals surface area contributed by atoms with Crippen molar-refractivity contribution in [3.63, 3.8) is 0 Å². The fraction of sp³-hybridized carbons (Fsp3) is 0.143. The van der Waals surface area contributed by atoms with Crippen molar-refractivity contribution in [2.24, 2.45) is 0 Å². The van der Waals surface area contributed by atoms with E-state index in [0.29, 0.717) is 11.2 Å². The highest BCUT2D eigenvalue weighted by Crippen LogP contribution is 2.21. The van der Waals surface area contributed by atoms with Gasteiger partial charge < -0.3 is 5.32 Å². The Morgan fingerprint density at radius 3 is 2.54 bits per heavy atom. The van der Waals surface area contributed by atoms with Gasteiger partial charge in [-0.25, -0.2) is 8.42 Å². The number of rotatable bonds is 4. The Hall–Kier alpha value is -3.21. The summed E-state index contributed by atoms with van der Waals surface area (Å²) in [4.78, 5) is 15.5. The highest BCUT2D eigenvalue weighted by atomic mass is 32.2. The van der Waals surface area contributed by atoms with Gasteiger partial charge in [0.2, 0.25) is 15.9 Å². The van der Waals surface area contributed by atoms with Crippen molar-refractivity contribution in [1.82, 2.24) is 9.71 Å². The minimum atomic E-state index is -3.74. The van der Waals surface area contributed by atoms with E-state index in [4.69, 9.17) is 0 Å². The first-order valence-electron chi connectivity index (χ1n) is 8.58. The number of carbonyl (C=O) groups is 1. The highest BCUT2D eigenvalue weighted by Gasteiger charge is 2.17. The average molecular weight is 393 g/mol. The SMILES string of the molecule is CC(=O)Nc1ccc(C#CCNS(=O)(=O)c2cccc3ccc(C)nc23)cc1. The molecule has 0 atom stereocenters. The van der Waals surface area contributed by atoms with Gasteiger partial charge in [0.15, 0.2) is 0 Å². The van der Waals surface area contributed by atoms with Crippen molar-refractivity contribution in [3.05, 3.63) is 65.9 Å². The van der Waals surface area contributed by atoms with Crippen LogP contribution in [0.2, 0.25) is 0 Å². The molecule has 7 heteroatoms. The zero-order valence-corrected chi connectivity index (χ0v) is 16.3. The van der Waals surface area contributed by atoms with E-state index in [1.807, 2.05) is 25.1 Å². The number of anilines is 1. The molecule has 142 valence electrons. The molecule has 0 radical (unpaired) electrons. The van der Waals surface area contributed by atoms with Crippen LogP contribution in [0.4, 0.5) is 5.69 Å². The maximum absolute atomic E-state index is 12.7. The normalized spacial score (nSPS) is 10.9. The van der Waals surface area contributed by atoms with Crippen molar-refractivity contribution in [3.8, 4) is 11.8 Å². The summed E-state index contributed by atoms with van der Waals surface area (Å²) in [7, 11) is -3.74. The molecule has 28 heavy (non-hydrogen) atoms. The standard InChI is InChI=1S/C21H19N3O3S/c1-15-8-11-18-6-3-7-20(21(18)23-15)28(26,27)22-14-4-5-17-9-12-19(13-10-17)24-16(2)25/h3,6-13,22H,14H2,1-2H3,(H,24,25). The average Bonchev–Trinajstić information content (AvgIpc) is 2.65. The number of hydrogen-bond donors (Lipinski definition) is 2. The topological polar surface area (TPSA) is 88.2 Å². The van der Waals surface area contributed by atoms with E-state index >= 15 is 0 Å². The Kier molecular flexibility index (Phi) is 5.73. The van der Waals surface area contributed by atoms with Gasteiger partial charge in [-0.05, 0) is 43.3 Å². The Morgan fingerprint density at radius 1 is 1.07 bits per heavy atom. The number of benzene rings is 2. The molecule has 0 unspecified atom stereocenters. The van der Waals surface area contributed by atoms with Gasteiger partial charge in [0.05, 0.1) is 12.1 Å². The van der Waals surface area contributed by atoms with Gasteiger partial charge in [-0.15, -0.1) is 0 Å². The van der Waals surface area contributed by atoms with Crippen LogP contribution in [0.15, 0.2) is 59.5 Å². The third kappa shape index (κ3) is 4.74. The van der Waals surface area contributed by atoms with Gasteiger partial charge in [-0.2, -0.15) is 4.72 Å². The summed E-state index contributed by atoms with van der Waals surface area (Å²) >= 11 is 0. The fourth-order valence-corrected chi connectivity index (χ4v) is 3.72. The van der Waals surface area contributed by atoms with E-state index in [2.05, 4.69) is 26.9 Å². The molecule has 0 bridgehead atoms. The number of aryl methyl sites for hydroxylation is 1. The van der Waals surface area contributed by atoms with Gasteiger partial charge in [-0.3, -0.25) is 9.78 Å². The Bertz CT molecular complexity index is 1190. The monoisotopic (exact) mass is 393 g/mol. The van der Waals surface area contributed by atoms with Crippen molar-refractivity contribution in [1.29, 1.82) is 0 Å². The molecule has 0 fully saturated rings. The number of aromatic nitrogens is 1. The second-order valence-electron chi connectivity index (χ2n) is 6.17. The molecule has 0 saturated carbocycles. The van der Waals surface area contributed by atoms with E-state index in [-0.39, 0.29) is 17.3 Å². The van der Waals surface area contributed by atoms with Crippen molar-refractivity contribution in [2.45, 2.75) is 18.7 Å². The number of para-hydroxylation sites is 1. The number of hydrogen-bond acceptors (Lipinski definition) is 4. The van der Waals surface area contributed by atoms with Gasteiger partial charge >= 0.3 is 0 Å². The lowest BCUT2D eigenvalue weighted by Crippen LogP contribution is -2.24. The Morgan fingerprint density at radius 2 is 1.82 bits per heavy atom. The quantitative estimate of drug-likeness (QED) is 0.667. The molecule has 1 amide bonds. The maximum atomic E-state index is 12.7. The lowest BCUT2D eigenvalue weighted by Gasteiger charge is -2.07. The molecular formula is C21H19N3O3S. The summed E-state index contributed by atoms with van der Waals surface area (Å²) in [6.07, 6.45) is 0. The Labute approximate surface area is 164 Å². The third-order valence-corrected chi connectivity index (χ3v) is 5.33. The van der Waals surface area contributed by atoms with Crippen LogP contribution in [-0.4, -0.2) is 25.9 Å². The summed E-state index contributed by atoms with van der Waals surface area (Å²) in [6.45, 7) is 3.23. The molecule has 6 nitrogen and oxygen atoms in total. The van der Waals surface area contributed by atoms with E-state index in [9.17, 15) is 13.2 Å². The maximum Gasteiger partial charge on any atom is 0.243 e. The number of fused-ring (bicyclic) bond motifs is 1. The zero-order chi connectivity index (χ0) is 20.1. The Balaban J connectivity index is 1.72. The van der Waals surface area contributed by atoms with Crippen LogP contribution >= 0.6 is 0 Å². The molecule has 0 saturated heterocycles. The lowest BCUT2D eigenvalue weighted by molar-refractivity contribution is -0.114.